The third-order valence-corrected chi connectivity index (χ3v) is 0.457. The molecule has 0 spiro atoms. The predicted octanol–water partition coefficient (Wildman–Crippen LogP) is 2.24. The number of thiol groups is 1. The highest BCUT2D eigenvalue weighted by atomic mass is 32.1. The second kappa shape index (κ2) is 11.9. The van der Waals surface area contributed by atoms with Gasteiger partial charge in [-0.15, -0.1) is 12.6 Å². The van der Waals surface area contributed by atoms with Gasteiger partial charge in [0.1, 0.15) is 0 Å². The van der Waals surface area contributed by atoms with Crippen LogP contribution in [0.5, 0.6) is 0 Å². The summed E-state index contributed by atoms with van der Waals surface area (Å²) >= 11 is 3.33. The van der Waals surface area contributed by atoms with Crippen LogP contribution in [0.2, 0.25) is 0 Å². The normalized spacial score (nSPS) is 9.36. The summed E-state index contributed by atoms with van der Waals surface area (Å²) in [7, 11) is 0. The lowest BCUT2D eigenvalue weighted by molar-refractivity contribution is -0.108. The quantitative estimate of drug-likeness (QED) is 0.385. The summed E-state index contributed by atoms with van der Waals surface area (Å²) in [6.45, 7) is 6.73. The number of nitrogens with zero attached hydrogens (tertiary/aromatic N) is 1. The number of allylic oxidation sites excluding steroid dienone is 2. The molecule has 0 aromatic rings. The Kier molecular flexibility index (Phi) is 13.9. The number of hydrogen-bond donors (Lipinski definition) is 1. The van der Waals surface area contributed by atoms with Crippen LogP contribution < -0.4 is 0 Å². The average molecular weight is 171 g/mol. The van der Waals surface area contributed by atoms with E-state index >= 15 is 0 Å². The minimum atomic E-state index is -0.139. The lowest BCUT2D eigenvalue weighted by atomic mass is 10.6. The van der Waals surface area contributed by atoms with Crippen LogP contribution in [0.15, 0.2) is 29.9 Å². The number of hydrogen-bond acceptors (Lipinski definition) is 2. The lowest BCUT2D eigenvalue weighted by Crippen LogP contribution is -1.62. The average Bonchev–Trinajstić information content (AvgIpc) is 1.88. The largest absolute Gasteiger partial charge is 0.288 e. The van der Waals surface area contributed by atoms with Crippen LogP contribution in [0.3, 0.4) is 0 Å². The van der Waals surface area contributed by atoms with Crippen LogP contribution in [0, 0.1) is 0 Å². The number of carbonyl (C=O) groups is 1. The molecule has 0 unspecified atom stereocenters. The standard InChI is InChI=1S/C6H9N.C2H4OS/c1-3-5-6-7-4-2;1-2(3)4/h3-6H,1H2,2H3;1H3,(H,3,4)/b6-5-,7-4?;. The maximum absolute atomic E-state index is 9.31. The van der Waals surface area contributed by atoms with Gasteiger partial charge in [0.05, 0.1) is 0 Å². The highest BCUT2D eigenvalue weighted by Gasteiger charge is 1.63. The molecule has 0 bridgehead atoms. The summed E-state index contributed by atoms with van der Waals surface area (Å²) in [6, 6.07) is 0. The van der Waals surface area contributed by atoms with Gasteiger partial charge in [-0.25, -0.2) is 0 Å². The molecule has 0 aromatic heterocycles. The molecule has 0 aliphatic heterocycles. The van der Waals surface area contributed by atoms with E-state index in [-0.39, 0.29) is 5.12 Å². The van der Waals surface area contributed by atoms with E-state index in [4.69, 9.17) is 0 Å². The molecular formula is C8H13NOS. The molecule has 0 rings (SSSR count). The van der Waals surface area contributed by atoms with E-state index in [2.05, 4.69) is 24.2 Å². The van der Waals surface area contributed by atoms with E-state index in [1.807, 2.05) is 6.92 Å². The van der Waals surface area contributed by atoms with Crippen molar-refractivity contribution in [1.29, 1.82) is 0 Å². The fourth-order valence-electron chi connectivity index (χ4n) is 0.197. The first kappa shape index (κ1) is 12.8. The van der Waals surface area contributed by atoms with Gasteiger partial charge in [0.2, 0.25) is 0 Å². The minimum absolute atomic E-state index is 0.139. The van der Waals surface area contributed by atoms with Crippen molar-refractivity contribution in [2.75, 3.05) is 0 Å². The summed E-state index contributed by atoms with van der Waals surface area (Å²) < 4.78 is 0. The monoisotopic (exact) mass is 171 g/mol. The molecule has 0 aliphatic rings. The van der Waals surface area contributed by atoms with Gasteiger partial charge >= 0.3 is 0 Å². The zero-order valence-electron chi connectivity index (χ0n) is 6.82. The second-order valence-corrected chi connectivity index (χ2v) is 2.13. The molecule has 0 aliphatic carbocycles. The Morgan fingerprint density at radius 2 is 2.09 bits per heavy atom. The van der Waals surface area contributed by atoms with Crippen molar-refractivity contribution in [1.82, 2.24) is 0 Å². The van der Waals surface area contributed by atoms with Gasteiger partial charge in [-0.3, -0.25) is 9.79 Å². The highest BCUT2D eigenvalue weighted by molar-refractivity contribution is 7.96. The van der Waals surface area contributed by atoms with Gasteiger partial charge < -0.3 is 0 Å². The molecule has 0 amide bonds. The molecule has 0 radical (unpaired) electrons. The topological polar surface area (TPSA) is 29.4 Å². The van der Waals surface area contributed by atoms with E-state index in [9.17, 15) is 4.79 Å². The molecule has 2 nitrogen and oxygen atoms in total. The van der Waals surface area contributed by atoms with Gasteiger partial charge in [0, 0.05) is 19.3 Å². The summed E-state index contributed by atoms with van der Waals surface area (Å²) in [5.41, 5.74) is 0. The van der Waals surface area contributed by atoms with Crippen molar-refractivity contribution in [3.05, 3.63) is 24.9 Å². The van der Waals surface area contributed by atoms with Gasteiger partial charge in [-0.05, 0) is 13.0 Å². The smallest absolute Gasteiger partial charge is 0.182 e. The Morgan fingerprint density at radius 1 is 1.64 bits per heavy atom. The van der Waals surface area contributed by atoms with Crippen molar-refractivity contribution in [3.63, 3.8) is 0 Å². The van der Waals surface area contributed by atoms with E-state index in [1.165, 1.54) is 6.92 Å². The Hall–Kier alpha value is -0.830. The number of aliphatic imine (C=N–C) groups is 1. The second-order valence-electron chi connectivity index (χ2n) is 1.50. The molecule has 0 saturated carbocycles. The lowest BCUT2D eigenvalue weighted by Gasteiger charge is -1.66. The van der Waals surface area contributed by atoms with E-state index in [1.54, 1.807) is 24.6 Å². The minimum Gasteiger partial charge on any atom is -0.288 e. The fraction of sp³-hybridized carbons (Fsp3) is 0.250. The number of rotatable bonds is 2. The van der Waals surface area contributed by atoms with E-state index in [0.717, 1.165) is 0 Å². The first-order valence-corrected chi connectivity index (χ1v) is 3.54. The molecule has 11 heavy (non-hydrogen) atoms. The molecule has 0 aromatic carbocycles. The molecular weight excluding hydrogens is 158 g/mol. The van der Waals surface area contributed by atoms with Crippen LogP contribution in [-0.2, 0) is 4.79 Å². The van der Waals surface area contributed by atoms with Crippen LogP contribution in [-0.4, -0.2) is 11.3 Å². The Labute approximate surface area is 73.1 Å². The van der Waals surface area contributed by atoms with Crippen molar-refractivity contribution in [2.24, 2.45) is 4.99 Å². The van der Waals surface area contributed by atoms with Crippen LogP contribution >= 0.6 is 12.6 Å². The Morgan fingerprint density at radius 3 is 2.36 bits per heavy atom. The Bertz CT molecular complexity index is 157. The van der Waals surface area contributed by atoms with Crippen molar-refractivity contribution in [3.8, 4) is 0 Å². The molecule has 0 heterocycles. The van der Waals surface area contributed by atoms with Gasteiger partial charge in [-0.1, -0.05) is 12.7 Å². The van der Waals surface area contributed by atoms with Crippen LogP contribution in [0.4, 0.5) is 0 Å². The third kappa shape index (κ3) is 46.9. The molecule has 3 heteroatoms. The van der Waals surface area contributed by atoms with E-state index < -0.39 is 0 Å². The molecule has 62 valence electrons. The molecule has 0 saturated heterocycles. The summed E-state index contributed by atoms with van der Waals surface area (Å²) in [6.07, 6.45) is 6.88. The van der Waals surface area contributed by atoms with Crippen LogP contribution in [0.25, 0.3) is 0 Å². The van der Waals surface area contributed by atoms with Crippen molar-refractivity contribution < 1.29 is 4.79 Å². The van der Waals surface area contributed by atoms with Crippen LogP contribution in [0.1, 0.15) is 13.8 Å². The maximum atomic E-state index is 9.31. The Balaban J connectivity index is 0. The number of carbonyl (C=O) groups excluding carboxylic acids is 1. The van der Waals surface area contributed by atoms with E-state index in [0.29, 0.717) is 0 Å². The summed E-state index contributed by atoms with van der Waals surface area (Å²) in [5, 5.41) is -0.139. The predicted molar refractivity (Wildman–Crippen MR) is 53.2 cm³/mol. The first-order chi connectivity index (χ1) is 5.15. The SMILES string of the molecule is C=C/C=C\N=CC.CC(=O)S. The zero-order chi connectivity index (χ0) is 9.11. The fourth-order valence-corrected chi connectivity index (χ4v) is 0.197. The molecule has 0 atom stereocenters. The summed E-state index contributed by atoms with van der Waals surface area (Å²) in [5.74, 6) is 0. The maximum Gasteiger partial charge on any atom is 0.182 e. The van der Waals surface area contributed by atoms with Crippen molar-refractivity contribution in [2.45, 2.75) is 13.8 Å². The molecule has 0 N–H and O–H groups in total. The zero-order valence-corrected chi connectivity index (χ0v) is 7.71. The third-order valence-electron chi connectivity index (χ3n) is 0.457. The summed E-state index contributed by atoms with van der Waals surface area (Å²) in [4.78, 5) is 13.1. The van der Waals surface area contributed by atoms with Gasteiger partial charge in [0.25, 0.3) is 0 Å². The van der Waals surface area contributed by atoms with Gasteiger partial charge in [-0.2, -0.15) is 0 Å². The van der Waals surface area contributed by atoms with Gasteiger partial charge in [0.15, 0.2) is 5.12 Å². The molecule has 0 fully saturated rings. The van der Waals surface area contributed by atoms with Crippen molar-refractivity contribution >= 4 is 24.0 Å². The first-order valence-electron chi connectivity index (χ1n) is 3.10. The highest BCUT2D eigenvalue weighted by Crippen LogP contribution is 1.71.